The zero-order valence-electron chi connectivity index (χ0n) is 9.19. The van der Waals surface area contributed by atoms with Crippen LogP contribution in [0.1, 0.15) is 5.82 Å². The number of methoxy groups -OCH3 is 1. The lowest BCUT2D eigenvalue weighted by molar-refractivity contribution is -0.385. The molecule has 1 heterocycles. The molecule has 0 unspecified atom stereocenters. The maximum absolute atomic E-state index is 10.9. The van der Waals surface area contributed by atoms with E-state index in [2.05, 4.69) is 15.5 Å². The molecule has 0 bridgehead atoms. The van der Waals surface area contributed by atoms with Gasteiger partial charge in [-0.1, -0.05) is 0 Å². The highest BCUT2D eigenvalue weighted by atomic mass is 16.6. The Morgan fingerprint density at radius 2 is 2.24 bits per heavy atom. The van der Waals surface area contributed by atoms with Gasteiger partial charge in [-0.3, -0.25) is 10.1 Å². The van der Waals surface area contributed by atoms with Crippen LogP contribution < -0.4 is 4.74 Å². The number of aromatic nitrogens is 4. The van der Waals surface area contributed by atoms with Crippen LogP contribution in [-0.2, 0) is 0 Å². The van der Waals surface area contributed by atoms with E-state index in [-0.39, 0.29) is 11.4 Å². The van der Waals surface area contributed by atoms with E-state index in [0.717, 1.165) is 0 Å². The molecule has 0 aliphatic heterocycles. The summed E-state index contributed by atoms with van der Waals surface area (Å²) in [6.07, 6.45) is 0. The van der Waals surface area contributed by atoms with Crippen LogP contribution in [0.5, 0.6) is 5.75 Å². The molecule has 0 spiro atoms. The minimum Gasteiger partial charge on any atom is -0.490 e. The largest absolute Gasteiger partial charge is 0.490 e. The van der Waals surface area contributed by atoms with Gasteiger partial charge in [-0.05, 0) is 29.5 Å². The molecule has 88 valence electrons. The lowest BCUT2D eigenvalue weighted by Gasteiger charge is -2.04. The molecule has 0 saturated carbocycles. The smallest absolute Gasteiger partial charge is 0.313 e. The third-order valence-corrected chi connectivity index (χ3v) is 2.23. The fourth-order valence-corrected chi connectivity index (χ4v) is 1.42. The number of aryl methyl sites for hydroxylation is 1. The quantitative estimate of drug-likeness (QED) is 0.579. The number of nitrogens with zero attached hydrogens (tertiary/aromatic N) is 5. The molecule has 2 aromatic rings. The Hall–Kier alpha value is -2.51. The van der Waals surface area contributed by atoms with Gasteiger partial charge in [0.1, 0.15) is 0 Å². The molecule has 1 aromatic carbocycles. The number of benzene rings is 1. The third kappa shape index (κ3) is 1.92. The topological polar surface area (TPSA) is 96.0 Å². The molecule has 0 atom stereocenters. The number of nitro groups is 1. The van der Waals surface area contributed by atoms with E-state index in [1.165, 1.54) is 23.9 Å². The second-order valence-corrected chi connectivity index (χ2v) is 3.25. The van der Waals surface area contributed by atoms with E-state index in [1.54, 1.807) is 13.0 Å². The Morgan fingerprint density at radius 1 is 1.47 bits per heavy atom. The van der Waals surface area contributed by atoms with Crippen molar-refractivity contribution in [1.82, 2.24) is 20.2 Å². The predicted molar refractivity (Wildman–Crippen MR) is 57.1 cm³/mol. The van der Waals surface area contributed by atoms with Crippen molar-refractivity contribution in [1.29, 1.82) is 0 Å². The summed E-state index contributed by atoms with van der Waals surface area (Å²) in [5, 5.41) is 21.8. The molecular formula is C9H9N5O3. The first-order valence-corrected chi connectivity index (χ1v) is 4.71. The molecule has 0 N–H and O–H groups in total. The summed E-state index contributed by atoms with van der Waals surface area (Å²) in [5.41, 5.74) is 0.389. The summed E-state index contributed by atoms with van der Waals surface area (Å²) in [6.45, 7) is 1.70. The molecule has 0 aliphatic carbocycles. The molecular weight excluding hydrogens is 226 g/mol. The zero-order chi connectivity index (χ0) is 12.4. The molecule has 0 aliphatic rings. The molecule has 8 nitrogen and oxygen atoms in total. The van der Waals surface area contributed by atoms with Crippen LogP contribution in [0, 0.1) is 17.0 Å². The second kappa shape index (κ2) is 4.16. The zero-order valence-corrected chi connectivity index (χ0v) is 9.19. The van der Waals surface area contributed by atoms with Crippen molar-refractivity contribution in [3.8, 4) is 11.4 Å². The van der Waals surface area contributed by atoms with Gasteiger partial charge < -0.3 is 4.74 Å². The van der Waals surface area contributed by atoms with Gasteiger partial charge in [-0.2, -0.15) is 4.68 Å². The molecule has 0 saturated heterocycles. The van der Waals surface area contributed by atoms with Gasteiger partial charge in [0, 0.05) is 6.07 Å². The van der Waals surface area contributed by atoms with Crippen molar-refractivity contribution in [2.75, 3.05) is 7.11 Å². The Labute approximate surface area is 96.0 Å². The maximum Gasteiger partial charge on any atom is 0.313 e. The SMILES string of the molecule is COc1ccc(-n2nnnc2C)cc1[N+](=O)[O-]. The number of ether oxygens (including phenoxy) is 1. The normalized spacial score (nSPS) is 10.2. The molecule has 2 rings (SSSR count). The van der Waals surface area contributed by atoms with Gasteiger partial charge >= 0.3 is 5.69 Å². The van der Waals surface area contributed by atoms with E-state index < -0.39 is 4.92 Å². The molecule has 0 fully saturated rings. The number of hydrogen-bond acceptors (Lipinski definition) is 6. The molecule has 8 heteroatoms. The van der Waals surface area contributed by atoms with E-state index >= 15 is 0 Å². The molecule has 0 amide bonds. The van der Waals surface area contributed by atoms with Crippen molar-refractivity contribution < 1.29 is 9.66 Å². The third-order valence-electron chi connectivity index (χ3n) is 2.23. The van der Waals surface area contributed by atoms with Crippen LogP contribution in [0.2, 0.25) is 0 Å². The van der Waals surface area contributed by atoms with Crippen molar-refractivity contribution in [2.45, 2.75) is 6.92 Å². The van der Waals surface area contributed by atoms with Gasteiger partial charge in [0.05, 0.1) is 17.7 Å². The van der Waals surface area contributed by atoms with Crippen molar-refractivity contribution in [3.05, 3.63) is 34.1 Å². The highest BCUT2D eigenvalue weighted by molar-refractivity contribution is 5.53. The summed E-state index contributed by atoms with van der Waals surface area (Å²) >= 11 is 0. The van der Waals surface area contributed by atoms with Crippen LogP contribution in [0.15, 0.2) is 18.2 Å². The summed E-state index contributed by atoms with van der Waals surface area (Å²) in [7, 11) is 1.38. The molecule has 1 aromatic heterocycles. The van der Waals surface area contributed by atoms with Crippen LogP contribution >= 0.6 is 0 Å². The van der Waals surface area contributed by atoms with E-state index in [1.807, 2.05) is 0 Å². The van der Waals surface area contributed by atoms with Gasteiger partial charge in [0.2, 0.25) is 0 Å². The first-order valence-electron chi connectivity index (χ1n) is 4.71. The Balaban J connectivity index is 2.55. The average molecular weight is 235 g/mol. The monoisotopic (exact) mass is 235 g/mol. The Morgan fingerprint density at radius 3 is 2.76 bits per heavy atom. The Kier molecular flexibility index (Phi) is 2.69. The standard InChI is InChI=1S/C9H9N5O3/c1-6-10-11-12-13(6)7-3-4-9(17-2)8(5-7)14(15)16/h3-5H,1-2H3. The van der Waals surface area contributed by atoms with Gasteiger partial charge in [0.25, 0.3) is 0 Å². The number of tetrazole rings is 1. The maximum atomic E-state index is 10.9. The van der Waals surface area contributed by atoms with Gasteiger partial charge in [-0.25, -0.2) is 0 Å². The first-order chi connectivity index (χ1) is 8.13. The van der Waals surface area contributed by atoms with Crippen LogP contribution in [0.25, 0.3) is 5.69 Å². The van der Waals surface area contributed by atoms with E-state index in [9.17, 15) is 10.1 Å². The van der Waals surface area contributed by atoms with E-state index in [0.29, 0.717) is 11.5 Å². The van der Waals surface area contributed by atoms with Crippen molar-refractivity contribution in [3.63, 3.8) is 0 Å². The summed E-state index contributed by atoms with van der Waals surface area (Å²) in [5.74, 6) is 0.744. The fourth-order valence-electron chi connectivity index (χ4n) is 1.42. The number of nitro benzene ring substituents is 1. The summed E-state index contributed by atoms with van der Waals surface area (Å²) in [4.78, 5) is 10.3. The van der Waals surface area contributed by atoms with Gasteiger partial charge in [0.15, 0.2) is 11.6 Å². The highest BCUT2D eigenvalue weighted by Crippen LogP contribution is 2.28. The summed E-state index contributed by atoms with van der Waals surface area (Å²) in [6, 6.07) is 4.52. The fraction of sp³-hybridized carbons (Fsp3) is 0.222. The lowest BCUT2D eigenvalue weighted by Crippen LogP contribution is -2.01. The first kappa shape index (κ1) is 11.0. The van der Waals surface area contributed by atoms with Gasteiger partial charge in [-0.15, -0.1) is 5.10 Å². The number of rotatable bonds is 3. The second-order valence-electron chi connectivity index (χ2n) is 3.25. The average Bonchev–Trinajstić information content (AvgIpc) is 2.74. The minimum absolute atomic E-state index is 0.125. The lowest BCUT2D eigenvalue weighted by atomic mass is 10.2. The molecule has 0 radical (unpaired) electrons. The Bertz CT molecular complexity index is 566. The highest BCUT2D eigenvalue weighted by Gasteiger charge is 2.16. The summed E-state index contributed by atoms with van der Waals surface area (Å²) < 4.78 is 6.32. The van der Waals surface area contributed by atoms with Crippen LogP contribution in [0.4, 0.5) is 5.69 Å². The van der Waals surface area contributed by atoms with E-state index in [4.69, 9.17) is 4.74 Å². The van der Waals surface area contributed by atoms with Crippen molar-refractivity contribution in [2.24, 2.45) is 0 Å². The minimum atomic E-state index is -0.512. The van der Waals surface area contributed by atoms with Crippen LogP contribution in [0.3, 0.4) is 0 Å². The molecule has 17 heavy (non-hydrogen) atoms. The van der Waals surface area contributed by atoms with Crippen molar-refractivity contribution >= 4 is 5.69 Å². The van der Waals surface area contributed by atoms with Crippen LogP contribution in [-0.4, -0.2) is 32.2 Å². The predicted octanol–water partition coefficient (Wildman–Crippen LogP) is 0.888. The number of hydrogen-bond donors (Lipinski definition) is 0.